The van der Waals surface area contributed by atoms with Crippen LogP contribution in [-0.2, 0) is 28.8 Å². The van der Waals surface area contributed by atoms with Gasteiger partial charge in [-0.3, -0.25) is 9.59 Å². The number of H-pyrrole nitrogens is 1. The summed E-state index contributed by atoms with van der Waals surface area (Å²) in [7, 11) is 0. The molecule has 0 saturated carbocycles. The van der Waals surface area contributed by atoms with E-state index in [0.717, 1.165) is 24.8 Å². The lowest BCUT2D eigenvalue weighted by atomic mass is 9.89. The molecule has 0 aliphatic heterocycles. The molecular formula is C21H21FN2O3S. The summed E-state index contributed by atoms with van der Waals surface area (Å²) in [4.78, 5) is 34.1. The third-order valence-electron chi connectivity index (χ3n) is 5.17. The number of ether oxygens (including phenoxy) is 1. The number of nitrogens with zero attached hydrogens (tertiary/aromatic N) is 1. The summed E-state index contributed by atoms with van der Waals surface area (Å²) in [5, 5.41) is 0.667. The van der Waals surface area contributed by atoms with Crippen LogP contribution in [0.15, 0.2) is 29.1 Å². The fraction of sp³-hybridized carbons (Fsp3) is 0.381. The molecule has 28 heavy (non-hydrogen) atoms. The zero-order valence-electron chi connectivity index (χ0n) is 15.8. The van der Waals surface area contributed by atoms with Gasteiger partial charge in [-0.1, -0.05) is 25.1 Å². The van der Waals surface area contributed by atoms with Crippen molar-refractivity contribution < 1.29 is 13.9 Å². The molecule has 7 heteroatoms. The SMILES string of the molecule is C[C@@H]1CCc2c(sc3nc([C@H](C)OC(=O)Cc4ccccc4F)[nH]c(=O)c23)C1. The number of aryl methyl sites for hydroxylation is 1. The van der Waals surface area contributed by atoms with Crippen LogP contribution in [0.25, 0.3) is 10.2 Å². The average molecular weight is 400 g/mol. The van der Waals surface area contributed by atoms with Crippen molar-refractivity contribution in [1.29, 1.82) is 0 Å². The van der Waals surface area contributed by atoms with Gasteiger partial charge >= 0.3 is 5.97 Å². The molecular weight excluding hydrogens is 379 g/mol. The van der Waals surface area contributed by atoms with Crippen LogP contribution < -0.4 is 5.56 Å². The van der Waals surface area contributed by atoms with Crippen LogP contribution in [0.4, 0.5) is 4.39 Å². The largest absolute Gasteiger partial charge is 0.454 e. The molecule has 0 amide bonds. The van der Waals surface area contributed by atoms with E-state index in [4.69, 9.17) is 4.74 Å². The van der Waals surface area contributed by atoms with Gasteiger partial charge in [0.2, 0.25) is 0 Å². The van der Waals surface area contributed by atoms with Gasteiger partial charge < -0.3 is 9.72 Å². The Balaban J connectivity index is 1.56. The highest BCUT2D eigenvalue weighted by Gasteiger charge is 2.24. The Hall–Kier alpha value is -2.54. The fourth-order valence-corrected chi connectivity index (χ4v) is 5.04. The Bertz CT molecular complexity index is 1100. The topological polar surface area (TPSA) is 72.0 Å². The number of nitrogens with one attached hydrogen (secondary N) is 1. The van der Waals surface area contributed by atoms with E-state index < -0.39 is 17.9 Å². The van der Waals surface area contributed by atoms with Crippen LogP contribution >= 0.6 is 11.3 Å². The normalized spacial score (nSPS) is 17.3. The summed E-state index contributed by atoms with van der Waals surface area (Å²) in [5.41, 5.74) is 1.20. The molecule has 0 radical (unpaired) electrons. The van der Waals surface area contributed by atoms with E-state index in [1.165, 1.54) is 10.9 Å². The second kappa shape index (κ2) is 7.47. The first-order valence-corrected chi connectivity index (χ1v) is 10.2. The number of fused-ring (bicyclic) bond motifs is 3. The monoisotopic (exact) mass is 400 g/mol. The number of carbonyl (C=O) groups is 1. The van der Waals surface area contributed by atoms with Gasteiger partial charge in [-0.15, -0.1) is 11.3 Å². The number of rotatable bonds is 4. The Morgan fingerprint density at radius 3 is 3.00 bits per heavy atom. The molecule has 1 aliphatic rings. The van der Waals surface area contributed by atoms with Crippen LogP contribution in [0.5, 0.6) is 0 Å². The van der Waals surface area contributed by atoms with Gasteiger partial charge in [0.05, 0.1) is 11.8 Å². The maximum Gasteiger partial charge on any atom is 0.311 e. The zero-order chi connectivity index (χ0) is 19.8. The fourth-order valence-electron chi connectivity index (χ4n) is 3.65. The molecule has 2 aromatic heterocycles. The summed E-state index contributed by atoms with van der Waals surface area (Å²) >= 11 is 1.55. The minimum Gasteiger partial charge on any atom is -0.454 e. The maximum atomic E-state index is 13.7. The number of aromatic nitrogens is 2. The van der Waals surface area contributed by atoms with Crippen LogP contribution in [-0.4, -0.2) is 15.9 Å². The van der Waals surface area contributed by atoms with E-state index in [1.54, 1.807) is 36.5 Å². The van der Waals surface area contributed by atoms with Gasteiger partial charge in [0.1, 0.15) is 10.6 Å². The summed E-state index contributed by atoms with van der Waals surface area (Å²) in [5.74, 6) is -0.0958. The first-order valence-electron chi connectivity index (χ1n) is 9.39. The summed E-state index contributed by atoms with van der Waals surface area (Å²) in [6.07, 6.45) is 2.04. The molecule has 3 aromatic rings. The third-order valence-corrected chi connectivity index (χ3v) is 6.32. The van der Waals surface area contributed by atoms with Crippen molar-refractivity contribution in [2.45, 2.75) is 45.6 Å². The standard InChI is InChI=1S/C21H21FN2O3S/c1-11-7-8-14-16(9-11)28-21-18(14)20(26)23-19(24-21)12(2)27-17(25)10-13-5-3-4-6-15(13)22/h3-6,11-12H,7-10H2,1-2H3,(H,23,24,26)/t11-,12+/m1/s1. The molecule has 2 atom stereocenters. The lowest BCUT2D eigenvalue weighted by Crippen LogP contribution is -2.19. The van der Waals surface area contributed by atoms with Gasteiger partial charge in [-0.25, -0.2) is 9.37 Å². The minimum absolute atomic E-state index is 0.172. The molecule has 1 N–H and O–H groups in total. The van der Waals surface area contributed by atoms with Gasteiger partial charge in [0.15, 0.2) is 11.9 Å². The average Bonchev–Trinajstić information content (AvgIpc) is 3.01. The van der Waals surface area contributed by atoms with Crippen LogP contribution in [0.3, 0.4) is 0 Å². The molecule has 5 nitrogen and oxygen atoms in total. The Labute approximate surface area is 165 Å². The lowest BCUT2D eigenvalue weighted by molar-refractivity contribution is -0.148. The first kappa shape index (κ1) is 18.8. The molecule has 0 spiro atoms. The predicted molar refractivity (Wildman–Crippen MR) is 106 cm³/mol. The number of esters is 1. The number of hydrogen-bond acceptors (Lipinski definition) is 5. The number of halogens is 1. The third kappa shape index (κ3) is 3.58. The van der Waals surface area contributed by atoms with Crippen molar-refractivity contribution in [3.8, 4) is 0 Å². The zero-order valence-corrected chi connectivity index (χ0v) is 16.6. The van der Waals surface area contributed by atoms with Crippen molar-refractivity contribution >= 4 is 27.5 Å². The smallest absolute Gasteiger partial charge is 0.311 e. The molecule has 4 rings (SSSR count). The van der Waals surface area contributed by atoms with Crippen molar-refractivity contribution in [2.75, 3.05) is 0 Å². The van der Waals surface area contributed by atoms with Crippen LogP contribution in [0.2, 0.25) is 0 Å². The van der Waals surface area contributed by atoms with Crippen molar-refractivity contribution in [1.82, 2.24) is 9.97 Å². The van der Waals surface area contributed by atoms with Crippen molar-refractivity contribution in [3.63, 3.8) is 0 Å². The molecule has 1 aliphatic carbocycles. The highest BCUT2D eigenvalue weighted by Crippen LogP contribution is 2.36. The number of benzene rings is 1. The van der Waals surface area contributed by atoms with Crippen LogP contribution in [0.1, 0.15) is 48.2 Å². The van der Waals surface area contributed by atoms with E-state index in [1.807, 2.05) is 0 Å². The molecule has 0 fully saturated rings. The number of hydrogen-bond donors (Lipinski definition) is 1. The summed E-state index contributed by atoms with van der Waals surface area (Å²) < 4.78 is 19.1. The van der Waals surface area contributed by atoms with Crippen molar-refractivity contribution in [3.05, 3.63) is 62.3 Å². The highest BCUT2D eigenvalue weighted by molar-refractivity contribution is 7.18. The Morgan fingerprint density at radius 1 is 1.43 bits per heavy atom. The molecule has 0 saturated heterocycles. The van der Waals surface area contributed by atoms with Gasteiger partial charge in [-0.05, 0) is 49.3 Å². The first-order chi connectivity index (χ1) is 13.4. The second-order valence-corrected chi connectivity index (χ2v) is 8.47. The molecule has 0 bridgehead atoms. The van der Waals surface area contributed by atoms with Gasteiger partial charge in [0, 0.05) is 4.88 Å². The highest BCUT2D eigenvalue weighted by atomic mass is 32.1. The quantitative estimate of drug-likeness (QED) is 0.670. The van der Waals surface area contributed by atoms with Gasteiger partial charge in [0.25, 0.3) is 5.56 Å². The second-order valence-electron chi connectivity index (χ2n) is 7.38. The van der Waals surface area contributed by atoms with Gasteiger partial charge in [-0.2, -0.15) is 0 Å². The molecule has 0 unspecified atom stereocenters. The minimum atomic E-state index is -0.727. The van der Waals surface area contributed by atoms with E-state index in [-0.39, 0.29) is 17.5 Å². The number of thiophene rings is 1. The lowest BCUT2D eigenvalue weighted by Gasteiger charge is -2.17. The molecule has 146 valence electrons. The molecule has 1 aromatic carbocycles. The summed E-state index contributed by atoms with van der Waals surface area (Å²) in [6, 6.07) is 6.09. The van der Waals surface area contributed by atoms with E-state index in [0.29, 0.717) is 22.0 Å². The predicted octanol–water partition coefficient (Wildman–Crippen LogP) is 4.10. The Morgan fingerprint density at radius 2 is 2.21 bits per heavy atom. The van der Waals surface area contributed by atoms with E-state index in [2.05, 4.69) is 16.9 Å². The molecule has 2 heterocycles. The van der Waals surface area contributed by atoms with E-state index in [9.17, 15) is 14.0 Å². The van der Waals surface area contributed by atoms with E-state index >= 15 is 0 Å². The van der Waals surface area contributed by atoms with Crippen LogP contribution in [0, 0.1) is 11.7 Å². The maximum absolute atomic E-state index is 13.7. The van der Waals surface area contributed by atoms with Crippen molar-refractivity contribution in [2.24, 2.45) is 5.92 Å². The number of carbonyl (C=O) groups excluding carboxylic acids is 1. The number of aromatic amines is 1. The Kier molecular flexibility index (Phi) is 5.02. The summed E-state index contributed by atoms with van der Waals surface area (Å²) in [6.45, 7) is 3.87.